The lowest BCUT2D eigenvalue weighted by Crippen LogP contribution is -2.10. The number of hydrogen-bond donors (Lipinski definition) is 4. The van der Waals surface area contributed by atoms with Gasteiger partial charge in [-0.1, -0.05) is 18.2 Å². The monoisotopic (exact) mass is 360 g/mol. The highest BCUT2D eigenvalue weighted by atomic mass is 16.4. The third-order valence-electron chi connectivity index (χ3n) is 3.57. The van der Waals surface area contributed by atoms with E-state index < -0.39 is 23.9 Å². The molecule has 0 unspecified atom stereocenters. The number of aromatic carboxylic acids is 4. The number of hydrogen-bond acceptors (Lipinski definition) is 4. The van der Waals surface area contributed by atoms with Gasteiger partial charge in [-0.05, 0) is 43.2 Å². The molecule has 0 radical (unpaired) electrons. The molecule has 4 N–H and O–H groups in total. The second-order valence-corrected chi connectivity index (χ2v) is 5.20. The molecule has 26 heavy (non-hydrogen) atoms. The van der Waals surface area contributed by atoms with E-state index in [1.54, 1.807) is 19.9 Å². The lowest BCUT2D eigenvalue weighted by molar-refractivity contribution is 0.0650. The van der Waals surface area contributed by atoms with E-state index in [4.69, 9.17) is 20.4 Å². The topological polar surface area (TPSA) is 149 Å². The van der Waals surface area contributed by atoms with Gasteiger partial charge in [0.1, 0.15) is 0 Å². The van der Waals surface area contributed by atoms with Gasteiger partial charge in [-0.25, -0.2) is 19.2 Å². The number of carboxylic acids is 4. The highest BCUT2D eigenvalue weighted by Gasteiger charge is 2.19. The van der Waals surface area contributed by atoms with Crippen LogP contribution in [0.2, 0.25) is 0 Å². The molecule has 0 aliphatic carbocycles. The summed E-state index contributed by atoms with van der Waals surface area (Å²) >= 11 is 0. The van der Waals surface area contributed by atoms with Crippen LogP contribution in [-0.4, -0.2) is 44.3 Å². The molecular formula is C18H16O8. The first-order valence-corrected chi connectivity index (χ1v) is 7.20. The molecule has 0 fully saturated rings. The molecule has 2 aromatic carbocycles. The van der Waals surface area contributed by atoms with Crippen LogP contribution < -0.4 is 0 Å². The van der Waals surface area contributed by atoms with E-state index >= 15 is 0 Å². The van der Waals surface area contributed by atoms with E-state index in [0.29, 0.717) is 5.56 Å². The maximum atomic E-state index is 10.8. The third kappa shape index (κ3) is 4.67. The zero-order valence-electron chi connectivity index (χ0n) is 13.9. The smallest absolute Gasteiger partial charge is 0.336 e. The molecule has 0 bridgehead atoms. The number of carboxylic acid groups (broad SMARTS) is 4. The van der Waals surface area contributed by atoms with Gasteiger partial charge in [0, 0.05) is 0 Å². The Bertz CT molecular complexity index is 850. The molecule has 2 aromatic rings. The van der Waals surface area contributed by atoms with Crippen LogP contribution in [-0.2, 0) is 0 Å². The molecule has 0 atom stereocenters. The number of aryl methyl sites for hydroxylation is 1. The quantitative estimate of drug-likeness (QED) is 0.650. The average molecular weight is 360 g/mol. The van der Waals surface area contributed by atoms with Gasteiger partial charge in [0.25, 0.3) is 0 Å². The van der Waals surface area contributed by atoms with Gasteiger partial charge in [-0.2, -0.15) is 0 Å². The molecule has 8 heteroatoms. The lowest BCUT2D eigenvalue weighted by atomic mass is 9.98. The SMILES string of the molecule is Cc1ccc(C(=O)O)c(C(=O)O)c1C.O=C(O)c1ccccc1C(=O)O. The van der Waals surface area contributed by atoms with Crippen LogP contribution >= 0.6 is 0 Å². The summed E-state index contributed by atoms with van der Waals surface area (Å²) in [7, 11) is 0. The molecule has 8 nitrogen and oxygen atoms in total. The maximum absolute atomic E-state index is 10.8. The molecule has 0 spiro atoms. The molecule has 0 heterocycles. The standard InChI is InChI=1S/C10H10O4.C8H6O4/c1-5-3-4-7(9(11)12)8(6(5)2)10(13)14;9-7(10)5-3-1-2-4-6(5)8(11)12/h3-4H,1-2H3,(H,11,12)(H,13,14);1-4H,(H,9,10)(H,11,12). The van der Waals surface area contributed by atoms with Gasteiger partial charge in [-0.15, -0.1) is 0 Å². The van der Waals surface area contributed by atoms with Crippen LogP contribution in [0.1, 0.15) is 52.6 Å². The summed E-state index contributed by atoms with van der Waals surface area (Å²) in [5, 5.41) is 34.7. The summed E-state index contributed by atoms with van der Waals surface area (Å²) in [5.41, 5.74) is 0.595. The Morgan fingerprint density at radius 1 is 0.615 bits per heavy atom. The highest BCUT2D eigenvalue weighted by molar-refractivity contribution is 6.03. The Hall–Kier alpha value is -3.68. The van der Waals surface area contributed by atoms with Crippen molar-refractivity contribution in [1.82, 2.24) is 0 Å². The predicted molar refractivity (Wildman–Crippen MR) is 90.2 cm³/mol. The summed E-state index contributed by atoms with van der Waals surface area (Å²) in [6, 6.07) is 8.39. The van der Waals surface area contributed by atoms with Crippen molar-refractivity contribution in [3.63, 3.8) is 0 Å². The molecule has 0 saturated carbocycles. The van der Waals surface area contributed by atoms with Crippen molar-refractivity contribution >= 4 is 23.9 Å². The summed E-state index contributed by atoms with van der Waals surface area (Å²) in [6.07, 6.45) is 0. The summed E-state index contributed by atoms with van der Waals surface area (Å²) in [4.78, 5) is 42.5. The number of benzene rings is 2. The van der Waals surface area contributed by atoms with Gasteiger partial charge in [-0.3, -0.25) is 0 Å². The van der Waals surface area contributed by atoms with Crippen molar-refractivity contribution < 1.29 is 39.6 Å². The Kier molecular flexibility index (Phi) is 6.60. The summed E-state index contributed by atoms with van der Waals surface area (Å²) < 4.78 is 0. The minimum atomic E-state index is -1.23. The normalized spacial score (nSPS) is 9.62. The van der Waals surface area contributed by atoms with E-state index in [-0.39, 0.29) is 22.3 Å². The zero-order chi connectivity index (χ0) is 20.0. The summed E-state index contributed by atoms with van der Waals surface area (Å²) in [6.45, 7) is 3.35. The fraction of sp³-hybridized carbons (Fsp3) is 0.111. The van der Waals surface area contributed by atoms with Crippen molar-refractivity contribution in [3.8, 4) is 0 Å². The molecular weight excluding hydrogens is 344 g/mol. The van der Waals surface area contributed by atoms with Crippen molar-refractivity contribution in [2.24, 2.45) is 0 Å². The fourth-order valence-electron chi connectivity index (χ4n) is 2.13. The molecule has 136 valence electrons. The molecule has 0 aliphatic rings. The first-order chi connectivity index (χ1) is 12.1. The van der Waals surface area contributed by atoms with Crippen LogP contribution in [0.15, 0.2) is 36.4 Å². The Labute approximate surface area is 148 Å². The first kappa shape index (κ1) is 20.4. The second-order valence-electron chi connectivity index (χ2n) is 5.20. The van der Waals surface area contributed by atoms with Crippen LogP contribution in [0.5, 0.6) is 0 Å². The molecule has 0 saturated heterocycles. The summed E-state index contributed by atoms with van der Waals surface area (Å²) in [5.74, 6) is -4.88. The average Bonchev–Trinajstić information content (AvgIpc) is 2.57. The van der Waals surface area contributed by atoms with Crippen molar-refractivity contribution in [3.05, 3.63) is 69.8 Å². The van der Waals surface area contributed by atoms with Gasteiger partial charge in [0.05, 0.1) is 22.3 Å². The fourth-order valence-corrected chi connectivity index (χ4v) is 2.13. The van der Waals surface area contributed by atoms with Gasteiger partial charge < -0.3 is 20.4 Å². The van der Waals surface area contributed by atoms with Crippen LogP contribution in [0.3, 0.4) is 0 Å². The Balaban J connectivity index is 0.000000263. The van der Waals surface area contributed by atoms with Crippen LogP contribution in [0.25, 0.3) is 0 Å². The number of rotatable bonds is 4. The third-order valence-corrected chi connectivity index (χ3v) is 3.57. The van der Waals surface area contributed by atoms with Crippen molar-refractivity contribution in [1.29, 1.82) is 0 Å². The molecule has 0 aromatic heterocycles. The van der Waals surface area contributed by atoms with E-state index in [1.807, 2.05) is 0 Å². The minimum absolute atomic E-state index is 0.127. The van der Waals surface area contributed by atoms with Gasteiger partial charge in [0.2, 0.25) is 0 Å². The lowest BCUT2D eigenvalue weighted by Gasteiger charge is -2.07. The van der Waals surface area contributed by atoms with Gasteiger partial charge in [0.15, 0.2) is 0 Å². The molecule has 2 rings (SSSR count). The van der Waals surface area contributed by atoms with Gasteiger partial charge >= 0.3 is 23.9 Å². The largest absolute Gasteiger partial charge is 0.478 e. The molecule has 0 aliphatic heterocycles. The number of carbonyl (C=O) groups is 4. The molecule has 0 amide bonds. The van der Waals surface area contributed by atoms with Crippen molar-refractivity contribution in [2.75, 3.05) is 0 Å². The maximum Gasteiger partial charge on any atom is 0.336 e. The Morgan fingerprint density at radius 3 is 1.38 bits per heavy atom. The van der Waals surface area contributed by atoms with Crippen LogP contribution in [0.4, 0.5) is 0 Å². The Morgan fingerprint density at radius 2 is 1.04 bits per heavy atom. The minimum Gasteiger partial charge on any atom is -0.478 e. The highest BCUT2D eigenvalue weighted by Crippen LogP contribution is 2.18. The van der Waals surface area contributed by atoms with E-state index in [2.05, 4.69) is 0 Å². The van der Waals surface area contributed by atoms with E-state index in [1.165, 1.54) is 30.3 Å². The van der Waals surface area contributed by atoms with Crippen LogP contribution in [0, 0.1) is 13.8 Å². The van der Waals surface area contributed by atoms with E-state index in [9.17, 15) is 19.2 Å². The van der Waals surface area contributed by atoms with E-state index in [0.717, 1.165) is 5.56 Å². The van der Waals surface area contributed by atoms with Crippen molar-refractivity contribution in [2.45, 2.75) is 13.8 Å². The second kappa shape index (κ2) is 8.43. The first-order valence-electron chi connectivity index (χ1n) is 7.20. The zero-order valence-corrected chi connectivity index (χ0v) is 13.9. The predicted octanol–water partition coefficient (Wildman–Crippen LogP) is 2.78.